The molecule has 0 saturated carbocycles. The van der Waals surface area contributed by atoms with Crippen LogP contribution in [0.4, 0.5) is 0 Å². The van der Waals surface area contributed by atoms with Gasteiger partial charge in [0.05, 0.1) is 21.9 Å². The van der Waals surface area contributed by atoms with Gasteiger partial charge < -0.3 is 9.14 Å². The summed E-state index contributed by atoms with van der Waals surface area (Å²) >= 11 is 6.14. The van der Waals surface area contributed by atoms with E-state index in [9.17, 15) is 13.2 Å². The molecular weight excluding hydrogens is 436 g/mol. The maximum atomic E-state index is 12.9. The Kier molecular flexibility index (Phi) is 5.80. The van der Waals surface area contributed by atoms with E-state index in [1.54, 1.807) is 53.3 Å². The standard InChI is InChI=1S/C23H19ClN2O4S/c1-30-18-6-10-22(20(24)14-18)31(28,29)19-7-2-16(3-8-19)4-9-21(27)17-5-11-23-25-12-13-26(23)15-17/h2-3,5-8,10-15H,4,9H2,1H3. The number of hydrogen-bond donors (Lipinski definition) is 0. The molecule has 0 bridgehead atoms. The SMILES string of the molecule is COc1ccc(S(=O)(=O)c2ccc(CCC(=O)c3ccc4nccn4c3)cc2)c(Cl)c1. The molecule has 2 aromatic carbocycles. The van der Waals surface area contributed by atoms with Gasteiger partial charge in [0.2, 0.25) is 9.84 Å². The summed E-state index contributed by atoms with van der Waals surface area (Å²) in [5, 5.41) is 0.101. The van der Waals surface area contributed by atoms with Crippen molar-refractivity contribution in [2.45, 2.75) is 22.6 Å². The molecule has 6 nitrogen and oxygen atoms in total. The minimum atomic E-state index is -3.76. The van der Waals surface area contributed by atoms with E-state index in [-0.39, 0.29) is 20.6 Å². The molecule has 0 fully saturated rings. The number of halogens is 1. The number of benzene rings is 2. The summed E-state index contributed by atoms with van der Waals surface area (Å²) in [6.07, 6.45) is 6.05. The lowest BCUT2D eigenvalue weighted by Crippen LogP contribution is -2.04. The van der Waals surface area contributed by atoms with Crippen LogP contribution < -0.4 is 4.74 Å². The summed E-state index contributed by atoms with van der Waals surface area (Å²) in [5.74, 6) is 0.494. The highest BCUT2D eigenvalue weighted by Crippen LogP contribution is 2.30. The predicted octanol–water partition coefficient (Wildman–Crippen LogP) is 4.64. The molecule has 2 heterocycles. The lowest BCUT2D eigenvalue weighted by Gasteiger charge is -2.09. The first-order valence-corrected chi connectivity index (χ1v) is 11.4. The van der Waals surface area contributed by atoms with Crippen LogP contribution in [-0.4, -0.2) is 30.7 Å². The van der Waals surface area contributed by atoms with Gasteiger partial charge >= 0.3 is 0 Å². The van der Waals surface area contributed by atoms with E-state index < -0.39 is 9.84 Å². The van der Waals surface area contributed by atoms with Gasteiger partial charge in [0.1, 0.15) is 11.4 Å². The molecule has 31 heavy (non-hydrogen) atoms. The van der Waals surface area contributed by atoms with Gasteiger partial charge in [0.15, 0.2) is 5.78 Å². The maximum absolute atomic E-state index is 12.9. The number of carbonyl (C=O) groups excluding carboxylic acids is 1. The number of carbonyl (C=O) groups is 1. The second kappa shape index (κ2) is 8.53. The number of ketones is 1. The average molecular weight is 455 g/mol. The first kappa shape index (κ1) is 21.1. The van der Waals surface area contributed by atoms with Gasteiger partial charge in [0.25, 0.3) is 0 Å². The molecule has 0 radical (unpaired) electrons. The third kappa shape index (κ3) is 4.33. The minimum Gasteiger partial charge on any atom is -0.497 e. The molecule has 4 rings (SSSR count). The van der Waals surface area contributed by atoms with Crippen molar-refractivity contribution < 1.29 is 17.9 Å². The molecule has 158 valence electrons. The molecule has 0 spiro atoms. The van der Waals surface area contributed by atoms with Crippen LogP contribution in [0, 0.1) is 0 Å². The van der Waals surface area contributed by atoms with Gasteiger partial charge in [0, 0.05) is 36.6 Å². The fraction of sp³-hybridized carbons (Fsp3) is 0.130. The third-order valence-electron chi connectivity index (χ3n) is 5.01. The van der Waals surface area contributed by atoms with Crippen LogP contribution >= 0.6 is 11.6 Å². The first-order valence-electron chi connectivity index (χ1n) is 9.52. The highest BCUT2D eigenvalue weighted by molar-refractivity contribution is 7.91. The van der Waals surface area contributed by atoms with Crippen LogP contribution in [-0.2, 0) is 16.3 Å². The smallest absolute Gasteiger partial charge is 0.208 e. The molecule has 0 aliphatic carbocycles. The normalized spacial score (nSPS) is 11.5. The van der Waals surface area contributed by atoms with Crippen molar-refractivity contribution in [2.75, 3.05) is 7.11 Å². The number of aromatic nitrogens is 2. The van der Waals surface area contributed by atoms with E-state index in [1.165, 1.54) is 31.4 Å². The molecule has 4 aromatic rings. The Morgan fingerprint density at radius 1 is 1.10 bits per heavy atom. The average Bonchev–Trinajstić information content (AvgIpc) is 3.25. The topological polar surface area (TPSA) is 77.7 Å². The Balaban J connectivity index is 1.47. The highest BCUT2D eigenvalue weighted by atomic mass is 35.5. The molecule has 0 atom stereocenters. The number of sulfone groups is 1. The van der Waals surface area contributed by atoms with Crippen LogP contribution in [0.3, 0.4) is 0 Å². The molecular formula is C23H19ClN2O4S. The van der Waals surface area contributed by atoms with Gasteiger partial charge in [-0.1, -0.05) is 23.7 Å². The van der Waals surface area contributed by atoms with Crippen LogP contribution in [0.15, 0.2) is 83.0 Å². The number of aryl methyl sites for hydroxylation is 1. The van der Waals surface area contributed by atoms with Gasteiger partial charge in [-0.05, 0) is 48.4 Å². The van der Waals surface area contributed by atoms with Crippen LogP contribution in [0.25, 0.3) is 5.65 Å². The van der Waals surface area contributed by atoms with Crippen molar-refractivity contribution >= 4 is 32.9 Å². The van der Waals surface area contributed by atoms with Gasteiger partial charge in [-0.25, -0.2) is 13.4 Å². The molecule has 0 aliphatic heterocycles. The summed E-state index contributed by atoms with van der Waals surface area (Å²) < 4.78 is 32.7. The predicted molar refractivity (Wildman–Crippen MR) is 118 cm³/mol. The van der Waals surface area contributed by atoms with Gasteiger partial charge in [-0.2, -0.15) is 0 Å². The number of Topliss-reactive ketones (excluding diaryl/α,β-unsaturated/α-hetero) is 1. The number of hydrogen-bond acceptors (Lipinski definition) is 5. The minimum absolute atomic E-state index is 0.0114. The lowest BCUT2D eigenvalue weighted by molar-refractivity contribution is 0.0982. The third-order valence-corrected chi connectivity index (χ3v) is 7.27. The summed E-state index contributed by atoms with van der Waals surface area (Å²) in [7, 11) is -2.28. The van der Waals surface area contributed by atoms with Crippen molar-refractivity contribution in [3.05, 3.63) is 89.3 Å². The Morgan fingerprint density at radius 2 is 1.87 bits per heavy atom. The Morgan fingerprint density at radius 3 is 2.58 bits per heavy atom. The zero-order valence-electron chi connectivity index (χ0n) is 16.7. The molecule has 2 aromatic heterocycles. The zero-order valence-corrected chi connectivity index (χ0v) is 18.2. The Bertz CT molecular complexity index is 1360. The lowest BCUT2D eigenvalue weighted by atomic mass is 10.0. The van der Waals surface area contributed by atoms with Gasteiger partial charge in [-0.15, -0.1) is 0 Å². The van der Waals surface area contributed by atoms with E-state index in [2.05, 4.69) is 4.98 Å². The van der Waals surface area contributed by atoms with Crippen molar-refractivity contribution in [3.8, 4) is 5.75 Å². The van der Waals surface area contributed by atoms with E-state index in [1.807, 2.05) is 0 Å². The molecule has 0 aliphatic rings. The summed E-state index contributed by atoms with van der Waals surface area (Å²) in [6.45, 7) is 0. The van der Waals surface area contributed by atoms with Crippen LogP contribution in [0.1, 0.15) is 22.3 Å². The van der Waals surface area contributed by atoms with Crippen molar-refractivity contribution in [1.29, 1.82) is 0 Å². The number of methoxy groups -OCH3 is 1. The van der Waals surface area contributed by atoms with Crippen molar-refractivity contribution in [2.24, 2.45) is 0 Å². The number of imidazole rings is 1. The molecule has 0 N–H and O–H groups in total. The monoisotopic (exact) mass is 454 g/mol. The van der Waals surface area contributed by atoms with Crippen LogP contribution in [0.2, 0.25) is 5.02 Å². The fourth-order valence-electron chi connectivity index (χ4n) is 3.28. The van der Waals surface area contributed by atoms with E-state index in [0.717, 1.165) is 11.2 Å². The zero-order chi connectivity index (χ0) is 22.0. The van der Waals surface area contributed by atoms with Crippen LogP contribution in [0.5, 0.6) is 5.75 Å². The second-order valence-electron chi connectivity index (χ2n) is 6.98. The number of pyridine rings is 1. The number of nitrogens with zero attached hydrogens (tertiary/aromatic N) is 2. The first-order chi connectivity index (χ1) is 14.9. The Labute approximate surface area is 185 Å². The summed E-state index contributed by atoms with van der Waals surface area (Å²) in [5.41, 5.74) is 2.26. The highest BCUT2D eigenvalue weighted by Gasteiger charge is 2.21. The number of rotatable bonds is 7. The van der Waals surface area contributed by atoms with Gasteiger partial charge in [-0.3, -0.25) is 4.79 Å². The maximum Gasteiger partial charge on any atom is 0.208 e. The summed E-state index contributed by atoms with van der Waals surface area (Å²) in [4.78, 5) is 16.9. The number of ether oxygens (including phenoxy) is 1. The van der Waals surface area contributed by atoms with E-state index in [0.29, 0.717) is 24.2 Å². The Hall–Kier alpha value is -3.16. The molecule has 0 saturated heterocycles. The quantitative estimate of drug-likeness (QED) is 0.380. The summed E-state index contributed by atoms with van der Waals surface area (Å²) in [6, 6.07) is 14.5. The van der Waals surface area contributed by atoms with Crippen molar-refractivity contribution in [3.63, 3.8) is 0 Å². The van der Waals surface area contributed by atoms with Crippen molar-refractivity contribution in [1.82, 2.24) is 9.38 Å². The fourth-order valence-corrected chi connectivity index (χ4v) is 5.06. The second-order valence-corrected chi connectivity index (χ2v) is 9.30. The molecule has 8 heteroatoms. The number of fused-ring (bicyclic) bond motifs is 1. The van der Waals surface area contributed by atoms with E-state index in [4.69, 9.17) is 16.3 Å². The largest absolute Gasteiger partial charge is 0.497 e. The van der Waals surface area contributed by atoms with E-state index >= 15 is 0 Å². The molecule has 0 unspecified atom stereocenters. The molecule has 0 amide bonds.